The minimum Gasteiger partial charge on any atom is -0.496 e. The quantitative estimate of drug-likeness (QED) is 0.880. The predicted molar refractivity (Wildman–Crippen MR) is 75.1 cm³/mol. The Bertz CT molecular complexity index is 694. The molecule has 0 saturated carbocycles. The first-order valence-corrected chi connectivity index (χ1v) is 7.59. The van der Waals surface area contributed by atoms with E-state index in [4.69, 9.17) is 4.74 Å². The van der Waals surface area contributed by atoms with Crippen LogP contribution in [0, 0.1) is 6.92 Å². The van der Waals surface area contributed by atoms with Gasteiger partial charge in [0.2, 0.25) is 10.0 Å². The molecule has 0 bridgehead atoms. The van der Waals surface area contributed by atoms with E-state index in [1.165, 1.54) is 6.20 Å². The summed E-state index contributed by atoms with van der Waals surface area (Å²) in [5.41, 5.74) is 1.28. The molecule has 1 heterocycles. The van der Waals surface area contributed by atoms with Crippen LogP contribution in [-0.4, -0.2) is 25.7 Å². The summed E-state index contributed by atoms with van der Waals surface area (Å²) in [6.07, 6.45) is 1.30. The third kappa shape index (κ3) is 2.83. The molecule has 0 aliphatic heterocycles. The van der Waals surface area contributed by atoms with Crippen molar-refractivity contribution < 1.29 is 13.2 Å². The summed E-state index contributed by atoms with van der Waals surface area (Å²) in [5.74, 6) is 0.645. The SMILES string of the molecule is COc1ccccc1C(C)NS(=O)(=O)c1cn[nH]c1C. The lowest BCUT2D eigenvalue weighted by Crippen LogP contribution is -2.27. The van der Waals surface area contributed by atoms with Crippen molar-refractivity contribution in [2.45, 2.75) is 24.8 Å². The fourth-order valence-electron chi connectivity index (χ4n) is 1.99. The zero-order valence-corrected chi connectivity index (χ0v) is 12.4. The van der Waals surface area contributed by atoms with E-state index in [-0.39, 0.29) is 4.90 Å². The minimum atomic E-state index is -3.62. The Balaban J connectivity index is 2.28. The standard InChI is InChI=1S/C13H17N3O3S/c1-9(11-6-4-5-7-12(11)19-3)16-20(17,18)13-8-14-15-10(13)2/h4-9,16H,1-3H3,(H,14,15). The molecule has 1 aromatic carbocycles. The fourth-order valence-corrected chi connectivity index (χ4v) is 3.35. The number of benzene rings is 1. The van der Waals surface area contributed by atoms with Crippen LogP contribution in [0.4, 0.5) is 0 Å². The van der Waals surface area contributed by atoms with Crippen LogP contribution in [0.1, 0.15) is 24.2 Å². The predicted octanol–water partition coefficient (Wildman–Crippen LogP) is 1.77. The van der Waals surface area contributed by atoms with Gasteiger partial charge in [-0.05, 0) is 19.9 Å². The number of nitrogens with one attached hydrogen (secondary N) is 2. The van der Waals surface area contributed by atoms with Crippen LogP contribution in [0.3, 0.4) is 0 Å². The third-order valence-corrected chi connectivity index (χ3v) is 4.67. The molecule has 108 valence electrons. The van der Waals surface area contributed by atoms with Crippen LogP contribution in [-0.2, 0) is 10.0 Å². The molecule has 1 aromatic heterocycles. The van der Waals surface area contributed by atoms with E-state index in [9.17, 15) is 8.42 Å². The zero-order valence-electron chi connectivity index (χ0n) is 11.5. The molecule has 2 aromatic rings. The Labute approximate surface area is 118 Å². The highest BCUT2D eigenvalue weighted by atomic mass is 32.2. The number of rotatable bonds is 5. The maximum absolute atomic E-state index is 12.3. The lowest BCUT2D eigenvalue weighted by atomic mass is 10.1. The molecule has 0 aliphatic carbocycles. The molecule has 0 spiro atoms. The number of methoxy groups -OCH3 is 1. The van der Waals surface area contributed by atoms with Gasteiger partial charge in [0.25, 0.3) is 0 Å². The molecule has 1 atom stereocenters. The van der Waals surface area contributed by atoms with Gasteiger partial charge in [-0.25, -0.2) is 13.1 Å². The van der Waals surface area contributed by atoms with Crippen molar-refractivity contribution in [2.75, 3.05) is 7.11 Å². The summed E-state index contributed by atoms with van der Waals surface area (Å²) >= 11 is 0. The maximum Gasteiger partial charge on any atom is 0.244 e. The Kier molecular flexibility index (Phi) is 4.10. The fraction of sp³-hybridized carbons (Fsp3) is 0.308. The third-order valence-electron chi connectivity index (χ3n) is 3.01. The average Bonchev–Trinajstić information content (AvgIpc) is 2.85. The second-order valence-electron chi connectivity index (χ2n) is 4.44. The van der Waals surface area contributed by atoms with Gasteiger partial charge in [0.15, 0.2) is 0 Å². The summed E-state index contributed by atoms with van der Waals surface area (Å²) in [7, 11) is -2.06. The number of sulfonamides is 1. The van der Waals surface area contributed by atoms with Crippen molar-refractivity contribution in [3.63, 3.8) is 0 Å². The molecule has 1 unspecified atom stereocenters. The molecule has 0 amide bonds. The molecule has 2 N–H and O–H groups in total. The smallest absolute Gasteiger partial charge is 0.244 e. The monoisotopic (exact) mass is 295 g/mol. The van der Waals surface area contributed by atoms with Gasteiger partial charge in [-0.15, -0.1) is 0 Å². The number of H-pyrrole nitrogens is 1. The largest absolute Gasteiger partial charge is 0.496 e. The number of aromatic amines is 1. The number of hydrogen-bond donors (Lipinski definition) is 2. The van der Waals surface area contributed by atoms with Gasteiger partial charge in [0.05, 0.1) is 19.0 Å². The number of aromatic nitrogens is 2. The van der Waals surface area contributed by atoms with Crippen LogP contribution >= 0.6 is 0 Å². The van der Waals surface area contributed by atoms with Crippen LogP contribution in [0.5, 0.6) is 5.75 Å². The van der Waals surface area contributed by atoms with Gasteiger partial charge in [0, 0.05) is 11.6 Å². The highest BCUT2D eigenvalue weighted by Crippen LogP contribution is 2.26. The number of hydrogen-bond acceptors (Lipinski definition) is 4. The van der Waals surface area contributed by atoms with Crippen molar-refractivity contribution in [1.29, 1.82) is 0 Å². The first-order chi connectivity index (χ1) is 9.45. The van der Waals surface area contributed by atoms with Gasteiger partial charge in [0.1, 0.15) is 10.6 Å². The highest BCUT2D eigenvalue weighted by Gasteiger charge is 2.23. The molecule has 2 rings (SSSR count). The van der Waals surface area contributed by atoms with E-state index < -0.39 is 16.1 Å². The Hall–Kier alpha value is -1.86. The molecule has 6 nitrogen and oxygen atoms in total. The highest BCUT2D eigenvalue weighted by molar-refractivity contribution is 7.89. The van der Waals surface area contributed by atoms with Gasteiger partial charge in [-0.3, -0.25) is 5.10 Å². The molecule has 0 aliphatic rings. The van der Waals surface area contributed by atoms with Gasteiger partial charge >= 0.3 is 0 Å². The number of ether oxygens (including phenoxy) is 1. The maximum atomic E-state index is 12.3. The molecule has 7 heteroatoms. The zero-order chi connectivity index (χ0) is 14.8. The van der Waals surface area contributed by atoms with E-state index in [2.05, 4.69) is 14.9 Å². The second-order valence-corrected chi connectivity index (χ2v) is 6.13. The molecule has 0 fully saturated rings. The van der Waals surface area contributed by atoms with E-state index in [1.54, 1.807) is 27.0 Å². The first-order valence-electron chi connectivity index (χ1n) is 6.11. The number of nitrogens with zero attached hydrogens (tertiary/aromatic N) is 1. The Morgan fingerprint density at radius 3 is 2.65 bits per heavy atom. The number of para-hydroxylation sites is 1. The Morgan fingerprint density at radius 2 is 2.05 bits per heavy atom. The summed E-state index contributed by atoms with van der Waals surface area (Å²) in [6, 6.07) is 6.89. The average molecular weight is 295 g/mol. The van der Waals surface area contributed by atoms with Crippen molar-refractivity contribution in [3.05, 3.63) is 41.7 Å². The van der Waals surface area contributed by atoms with Gasteiger partial charge in [-0.2, -0.15) is 5.10 Å². The van der Waals surface area contributed by atoms with E-state index in [0.717, 1.165) is 5.56 Å². The first kappa shape index (κ1) is 14.5. The van der Waals surface area contributed by atoms with Crippen molar-refractivity contribution in [1.82, 2.24) is 14.9 Å². The van der Waals surface area contributed by atoms with E-state index in [1.807, 2.05) is 18.2 Å². The molecular formula is C13H17N3O3S. The van der Waals surface area contributed by atoms with Crippen molar-refractivity contribution in [3.8, 4) is 5.75 Å². The van der Waals surface area contributed by atoms with E-state index in [0.29, 0.717) is 11.4 Å². The van der Waals surface area contributed by atoms with Gasteiger partial charge < -0.3 is 4.74 Å². The van der Waals surface area contributed by atoms with Crippen LogP contribution < -0.4 is 9.46 Å². The topological polar surface area (TPSA) is 84.1 Å². The summed E-state index contributed by atoms with van der Waals surface area (Å²) < 4.78 is 32.4. The molecule has 0 radical (unpaired) electrons. The van der Waals surface area contributed by atoms with Crippen molar-refractivity contribution >= 4 is 10.0 Å². The lowest BCUT2D eigenvalue weighted by Gasteiger charge is -2.17. The number of aryl methyl sites for hydroxylation is 1. The molecule has 0 saturated heterocycles. The summed E-state index contributed by atoms with van der Waals surface area (Å²) in [4.78, 5) is 0.152. The van der Waals surface area contributed by atoms with Crippen molar-refractivity contribution in [2.24, 2.45) is 0 Å². The summed E-state index contributed by atoms with van der Waals surface area (Å²) in [5, 5.41) is 6.35. The van der Waals surface area contributed by atoms with Crippen LogP contribution in [0.25, 0.3) is 0 Å². The normalized spacial score (nSPS) is 13.2. The lowest BCUT2D eigenvalue weighted by molar-refractivity contribution is 0.405. The van der Waals surface area contributed by atoms with Gasteiger partial charge in [-0.1, -0.05) is 18.2 Å². The Morgan fingerprint density at radius 1 is 1.35 bits per heavy atom. The molecule has 20 heavy (non-hydrogen) atoms. The molecular weight excluding hydrogens is 278 g/mol. The summed E-state index contributed by atoms with van der Waals surface area (Å²) in [6.45, 7) is 3.43. The van der Waals surface area contributed by atoms with E-state index >= 15 is 0 Å². The second kappa shape index (κ2) is 5.64. The minimum absolute atomic E-state index is 0.152. The van der Waals surface area contributed by atoms with Crippen LogP contribution in [0.15, 0.2) is 35.4 Å². The van der Waals surface area contributed by atoms with Crippen LogP contribution in [0.2, 0.25) is 0 Å².